The van der Waals surface area contributed by atoms with E-state index in [0.29, 0.717) is 24.7 Å². The second-order valence-electron chi connectivity index (χ2n) is 10.1. The van der Waals surface area contributed by atoms with Crippen molar-refractivity contribution in [1.82, 2.24) is 0 Å². The van der Waals surface area contributed by atoms with Crippen LogP contribution < -0.4 is 0 Å². The number of rotatable bonds is 10. The topological polar surface area (TPSA) is 52.6 Å². The molecule has 7 heteroatoms. The molecular weight excluding hydrogens is 518 g/mol. The van der Waals surface area contributed by atoms with Crippen molar-refractivity contribution in [2.75, 3.05) is 0 Å². The number of ether oxygens (including phenoxy) is 2. The van der Waals surface area contributed by atoms with Crippen molar-refractivity contribution in [2.45, 2.75) is 127 Å². The van der Waals surface area contributed by atoms with Crippen molar-refractivity contribution in [3.8, 4) is 0 Å². The van der Waals surface area contributed by atoms with Gasteiger partial charge in [0.05, 0.1) is 0 Å². The predicted octanol–water partition coefficient (Wildman–Crippen LogP) is 7.86. The van der Waals surface area contributed by atoms with Gasteiger partial charge in [-0.25, -0.2) is 18.4 Å². The van der Waals surface area contributed by atoms with Crippen LogP contribution in [0.4, 0.5) is 8.78 Å². The Labute approximate surface area is 216 Å². The molecule has 0 heterocycles. The third-order valence-electron chi connectivity index (χ3n) is 7.45. The van der Waals surface area contributed by atoms with Crippen LogP contribution in [0, 0.1) is 0 Å². The molecule has 4 nitrogen and oxygen atoms in total. The molecule has 0 radical (unpaired) electrons. The van der Waals surface area contributed by atoms with Gasteiger partial charge in [-0.1, -0.05) is 54.8 Å². The first kappa shape index (κ1) is 28.1. The molecule has 1 aromatic rings. The van der Waals surface area contributed by atoms with Gasteiger partial charge in [-0.15, -0.1) is 0 Å². The van der Waals surface area contributed by atoms with Crippen LogP contribution in [0.3, 0.4) is 0 Å². The molecule has 0 bridgehead atoms. The minimum atomic E-state index is -1.51. The highest BCUT2D eigenvalue weighted by molar-refractivity contribution is 9.10. The summed E-state index contributed by atoms with van der Waals surface area (Å²) in [6.07, 6.45) is 4.97. The van der Waals surface area contributed by atoms with Gasteiger partial charge < -0.3 is 9.47 Å². The van der Waals surface area contributed by atoms with Crippen LogP contribution >= 0.6 is 15.9 Å². The predicted molar refractivity (Wildman–Crippen MR) is 136 cm³/mol. The third-order valence-corrected chi connectivity index (χ3v) is 8.13. The molecule has 35 heavy (non-hydrogen) atoms. The van der Waals surface area contributed by atoms with Gasteiger partial charge in [-0.05, 0) is 93.2 Å². The van der Waals surface area contributed by atoms with Crippen LogP contribution in [0.5, 0.6) is 0 Å². The van der Waals surface area contributed by atoms with E-state index in [-0.39, 0.29) is 25.0 Å². The first-order chi connectivity index (χ1) is 16.8. The van der Waals surface area contributed by atoms with Crippen LogP contribution in [-0.2, 0) is 19.1 Å². The molecule has 0 aromatic heterocycles. The summed E-state index contributed by atoms with van der Waals surface area (Å²) in [5, 5.41) is 0. The maximum atomic E-state index is 13.8. The fraction of sp³-hybridized carbons (Fsp3) is 0.714. The summed E-state index contributed by atoms with van der Waals surface area (Å²) in [7, 11) is 0. The molecule has 0 N–H and O–H groups in total. The monoisotopic (exact) mass is 556 g/mol. The van der Waals surface area contributed by atoms with Crippen molar-refractivity contribution in [1.29, 1.82) is 0 Å². The molecule has 0 unspecified atom stereocenters. The highest BCUT2D eigenvalue weighted by Gasteiger charge is 2.30. The summed E-state index contributed by atoms with van der Waals surface area (Å²) in [5.74, 6) is -0.635. The zero-order valence-electron chi connectivity index (χ0n) is 20.9. The second-order valence-corrected chi connectivity index (χ2v) is 11.0. The third kappa shape index (κ3) is 7.99. The number of hydrogen-bond donors (Lipinski definition) is 0. The Morgan fingerprint density at radius 3 is 1.71 bits per heavy atom. The van der Waals surface area contributed by atoms with Crippen LogP contribution in [0.1, 0.15) is 114 Å². The van der Waals surface area contributed by atoms with E-state index < -0.39 is 24.3 Å². The highest BCUT2D eigenvalue weighted by atomic mass is 79.9. The SMILES string of the molecule is CCC[C@H](F)C(=O)O[C@H]1CC[C@H](c2ccc([C@H]3CC[C@H](OC(=O)[C@@H](F)CCC)CC3)c(Br)c2)CC1. The number of halogens is 3. The van der Waals surface area contributed by atoms with Gasteiger partial charge in [-0.2, -0.15) is 0 Å². The largest absolute Gasteiger partial charge is 0.460 e. The highest BCUT2D eigenvalue weighted by Crippen LogP contribution is 2.41. The average molecular weight is 558 g/mol. The van der Waals surface area contributed by atoms with Crippen LogP contribution in [0.25, 0.3) is 0 Å². The normalized spacial score (nSPS) is 26.5. The molecule has 2 atom stereocenters. The van der Waals surface area contributed by atoms with Gasteiger partial charge in [0.25, 0.3) is 0 Å². The van der Waals surface area contributed by atoms with Gasteiger partial charge >= 0.3 is 11.9 Å². The summed E-state index contributed by atoms with van der Waals surface area (Å²) < 4.78 is 39.4. The Morgan fingerprint density at radius 1 is 0.829 bits per heavy atom. The van der Waals surface area contributed by atoms with Crippen LogP contribution in [-0.4, -0.2) is 36.5 Å². The maximum absolute atomic E-state index is 13.8. The molecule has 2 fully saturated rings. The van der Waals surface area contributed by atoms with Gasteiger partial charge in [0, 0.05) is 4.47 Å². The first-order valence-corrected chi connectivity index (χ1v) is 14.1. The van der Waals surface area contributed by atoms with E-state index in [1.54, 1.807) is 0 Å². The van der Waals surface area contributed by atoms with Crippen molar-refractivity contribution in [2.24, 2.45) is 0 Å². The molecule has 0 spiro atoms. The van der Waals surface area contributed by atoms with E-state index in [1.807, 2.05) is 13.8 Å². The lowest BCUT2D eigenvalue weighted by molar-refractivity contribution is -0.157. The fourth-order valence-corrected chi connectivity index (χ4v) is 6.07. The molecule has 2 aliphatic carbocycles. The first-order valence-electron chi connectivity index (χ1n) is 13.3. The molecule has 2 aliphatic rings. The van der Waals surface area contributed by atoms with Crippen molar-refractivity contribution in [3.05, 3.63) is 33.8 Å². The minimum absolute atomic E-state index is 0.185. The molecule has 2 saturated carbocycles. The maximum Gasteiger partial charge on any atom is 0.340 e. The molecule has 1 aromatic carbocycles. The van der Waals surface area contributed by atoms with Gasteiger partial charge in [0.1, 0.15) is 12.2 Å². The number of esters is 2. The van der Waals surface area contributed by atoms with Gasteiger partial charge in [0.2, 0.25) is 0 Å². The summed E-state index contributed by atoms with van der Waals surface area (Å²) in [5.41, 5.74) is 2.53. The Kier molecular flexibility index (Phi) is 11.0. The van der Waals surface area contributed by atoms with E-state index in [2.05, 4.69) is 34.1 Å². The summed E-state index contributed by atoms with van der Waals surface area (Å²) in [6, 6.07) is 6.59. The minimum Gasteiger partial charge on any atom is -0.460 e. The molecular formula is C28H39BrF2O4. The Morgan fingerprint density at radius 2 is 1.29 bits per heavy atom. The van der Waals surface area contributed by atoms with E-state index in [4.69, 9.17) is 9.47 Å². The molecule has 0 amide bonds. The van der Waals surface area contributed by atoms with Crippen molar-refractivity contribution < 1.29 is 27.8 Å². The standard InChI is InChI=1S/C28H39BrF2O4/c1-3-5-25(30)27(32)34-21-12-7-18(8-13-21)20-11-16-23(24(29)17-20)19-9-14-22(15-10-19)35-28(33)26(31)6-4-2/h11,16-19,21-22,25-26H,3-10,12-15H2,1-2H3/t18-,19-,21-,22-,25-,26-/m0/s1. The average Bonchev–Trinajstić information content (AvgIpc) is 2.85. The lowest BCUT2D eigenvalue weighted by Crippen LogP contribution is -2.28. The quantitative estimate of drug-likeness (QED) is 0.275. The van der Waals surface area contributed by atoms with E-state index >= 15 is 0 Å². The lowest BCUT2D eigenvalue weighted by atomic mass is 9.80. The van der Waals surface area contributed by atoms with E-state index in [9.17, 15) is 18.4 Å². The summed E-state index contributed by atoms with van der Waals surface area (Å²) in [4.78, 5) is 23.7. The lowest BCUT2D eigenvalue weighted by Gasteiger charge is -2.31. The summed E-state index contributed by atoms with van der Waals surface area (Å²) in [6.45, 7) is 3.71. The zero-order chi connectivity index (χ0) is 25.4. The molecule has 0 saturated heterocycles. The van der Waals surface area contributed by atoms with Gasteiger partial charge in [0.15, 0.2) is 12.3 Å². The van der Waals surface area contributed by atoms with Crippen molar-refractivity contribution in [3.63, 3.8) is 0 Å². The molecule has 3 rings (SSSR count). The van der Waals surface area contributed by atoms with Crippen molar-refractivity contribution >= 4 is 27.9 Å². The smallest absolute Gasteiger partial charge is 0.340 e. The van der Waals surface area contributed by atoms with Gasteiger partial charge in [-0.3, -0.25) is 0 Å². The van der Waals surface area contributed by atoms with E-state index in [0.717, 1.165) is 55.8 Å². The molecule has 196 valence electrons. The van der Waals surface area contributed by atoms with Crippen LogP contribution in [0.2, 0.25) is 0 Å². The zero-order valence-corrected chi connectivity index (χ0v) is 22.5. The number of alkyl halides is 2. The second kappa shape index (κ2) is 13.7. The number of benzene rings is 1. The number of carbonyl (C=O) groups is 2. The Bertz CT molecular complexity index is 832. The molecule has 0 aliphatic heterocycles. The number of hydrogen-bond acceptors (Lipinski definition) is 4. The summed E-state index contributed by atoms with van der Waals surface area (Å²) >= 11 is 3.77. The van der Waals surface area contributed by atoms with Crippen LogP contribution in [0.15, 0.2) is 22.7 Å². The Balaban J connectivity index is 1.47. The fourth-order valence-electron chi connectivity index (χ4n) is 5.35. The number of carbonyl (C=O) groups excluding carboxylic acids is 2. The van der Waals surface area contributed by atoms with E-state index in [1.165, 1.54) is 11.1 Å². The Hall–Kier alpha value is -1.50.